The van der Waals surface area contributed by atoms with Gasteiger partial charge in [0.2, 0.25) is 5.91 Å². The van der Waals surface area contributed by atoms with Crippen LogP contribution in [0.25, 0.3) is 0 Å². The Kier molecular flexibility index (Phi) is 3.48. The molecule has 0 radical (unpaired) electrons. The van der Waals surface area contributed by atoms with Crippen LogP contribution in [-0.4, -0.2) is 24.5 Å². The van der Waals surface area contributed by atoms with Crippen molar-refractivity contribution in [1.82, 2.24) is 10.6 Å². The van der Waals surface area contributed by atoms with Crippen LogP contribution in [0.3, 0.4) is 0 Å². The molecule has 2 aliphatic carbocycles. The van der Waals surface area contributed by atoms with Crippen LogP contribution in [0.1, 0.15) is 53.9 Å². The average molecular weight is 252 g/mol. The standard InChI is InChI=1S/C15H28N2O/c1-6-16-12(18)10(2)17-13-14(3,4)11-7-8-15(13,5)9-11/h10-11,13,17H,6-9H2,1-5H3,(H,16,18)/t10?,11-,13?,15+/m0/s1. The first-order chi connectivity index (χ1) is 8.31. The van der Waals surface area contributed by atoms with E-state index in [1.54, 1.807) is 0 Å². The Balaban J connectivity index is 2.07. The second-order valence-electron chi connectivity index (χ2n) is 7.13. The molecule has 2 N–H and O–H groups in total. The highest BCUT2D eigenvalue weighted by Crippen LogP contribution is 2.62. The number of rotatable bonds is 4. The summed E-state index contributed by atoms with van der Waals surface area (Å²) in [7, 11) is 0. The third-order valence-corrected chi connectivity index (χ3v) is 5.43. The minimum atomic E-state index is -0.0922. The van der Waals surface area contributed by atoms with E-state index in [1.165, 1.54) is 19.3 Å². The van der Waals surface area contributed by atoms with Crippen molar-refractivity contribution in [2.24, 2.45) is 16.7 Å². The third kappa shape index (κ3) is 2.07. The normalized spacial score (nSPS) is 38.7. The average Bonchev–Trinajstić information content (AvgIpc) is 2.75. The molecule has 3 heteroatoms. The molecule has 18 heavy (non-hydrogen) atoms. The first-order valence-electron chi connectivity index (χ1n) is 7.35. The maximum absolute atomic E-state index is 11.9. The highest BCUT2D eigenvalue weighted by molar-refractivity contribution is 5.81. The molecular weight excluding hydrogens is 224 g/mol. The molecule has 0 aromatic rings. The number of carbonyl (C=O) groups is 1. The topological polar surface area (TPSA) is 41.1 Å². The van der Waals surface area contributed by atoms with E-state index >= 15 is 0 Å². The number of amides is 1. The van der Waals surface area contributed by atoms with Gasteiger partial charge in [-0.15, -0.1) is 0 Å². The van der Waals surface area contributed by atoms with E-state index < -0.39 is 0 Å². The highest BCUT2D eigenvalue weighted by atomic mass is 16.2. The van der Waals surface area contributed by atoms with Gasteiger partial charge in [0, 0.05) is 12.6 Å². The summed E-state index contributed by atoms with van der Waals surface area (Å²) in [6.07, 6.45) is 3.98. The summed E-state index contributed by atoms with van der Waals surface area (Å²) in [6.45, 7) is 11.8. The van der Waals surface area contributed by atoms with Gasteiger partial charge in [0.25, 0.3) is 0 Å². The minimum Gasteiger partial charge on any atom is -0.355 e. The fourth-order valence-electron chi connectivity index (χ4n) is 4.37. The van der Waals surface area contributed by atoms with Crippen LogP contribution in [0.2, 0.25) is 0 Å². The maximum atomic E-state index is 11.9. The van der Waals surface area contributed by atoms with Crippen molar-refractivity contribution < 1.29 is 4.79 Å². The van der Waals surface area contributed by atoms with Gasteiger partial charge in [-0.25, -0.2) is 0 Å². The molecule has 2 unspecified atom stereocenters. The molecule has 0 heterocycles. The number of fused-ring (bicyclic) bond motifs is 2. The SMILES string of the molecule is CCNC(=O)C(C)NC1C(C)(C)[C@H]2CC[C@]1(C)C2. The van der Waals surface area contributed by atoms with Crippen molar-refractivity contribution in [2.45, 2.75) is 66.0 Å². The summed E-state index contributed by atoms with van der Waals surface area (Å²) in [5, 5.41) is 6.52. The molecule has 0 aliphatic heterocycles. The molecule has 2 rings (SSSR count). The first-order valence-corrected chi connectivity index (χ1v) is 7.35. The lowest BCUT2D eigenvalue weighted by atomic mass is 9.68. The quantitative estimate of drug-likeness (QED) is 0.806. The lowest BCUT2D eigenvalue weighted by molar-refractivity contribution is -0.123. The molecule has 2 saturated carbocycles. The summed E-state index contributed by atoms with van der Waals surface area (Å²) >= 11 is 0. The van der Waals surface area contributed by atoms with E-state index in [9.17, 15) is 4.79 Å². The molecule has 104 valence electrons. The Labute approximate surface area is 111 Å². The second kappa shape index (κ2) is 4.52. The van der Waals surface area contributed by atoms with Crippen molar-refractivity contribution in [3.05, 3.63) is 0 Å². The van der Waals surface area contributed by atoms with Gasteiger partial charge in [0.05, 0.1) is 6.04 Å². The van der Waals surface area contributed by atoms with E-state index in [2.05, 4.69) is 31.4 Å². The Morgan fingerprint density at radius 2 is 2.06 bits per heavy atom. The monoisotopic (exact) mass is 252 g/mol. The fraction of sp³-hybridized carbons (Fsp3) is 0.933. The molecule has 1 amide bonds. The van der Waals surface area contributed by atoms with Gasteiger partial charge >= 0.3 is 0 Å². The molecule has 0 saturated heterocycles. The van der Waals surface area contributed by atoms with Crippen molar-refractivity contribution in [3.8, 4) is 0 Å². The molecule has 0 aromatic heterocycles. The number of carbonyl (C=O) groups excluding carboxylic acids is 1. The van der Waals surface area contributed by atoms with Gasteiger partial charge in [-0.3, -0.25) is 4.79 Å². The van der Waals surface area contributed by atoms with Gasteiger partial charge in [0.1, 0.15) is 0 Å². The molecule has 0 aromatic carbocycles. The van der Waals surface area contributed by atoms with Crippen molar-refractivity contribution in [3.63, 3.8) is 0 Å². The Morgan fingerprint density at radius 1 is 1.39 bits per heavy atom. The van der Waals surface area contributed by atoms with E-state index in [1.807, 2.05) is 13.8 Å². The van der Waals surface area contributed by atoms with Crippen LogP contribution in [0.4, 0.5) is 0 Å². The van der Waals surface area contributed by atoms with Gasteiger partial charge in [0.15, 0.2) is 0 Å². The smallest absolute Gasteiger partial charge is 0.236 e. The van der Waals surface area contributed by atoms with Gasteiger partial charge in [-0.05, 0) is 49.9 Å². The number of nitrogens with one attached hydrogen (secondary N) is 2. The Bertz CT molecular complexity index is 335. The molecule has 2 bridgehead atoms. The molecular formula is C15H28N2O. The lowest BCUT2D eigenvalue weighted by Gasteiger charge is -2.44. The Hall–Kier alpha value is -0.570. The summed E-state index contributed by atoms with van der Waals surface area (Å²) in [5.74, 6) is 0.945. The molecule has 2 aliphatic rings. The van der Waals surface area contributed by atoms with Crippen molar-refractivity contribution in [1.29, 1.82) is 0 Å². The van der Waals surface area contributed by atoms with Crippen LogP contribution in [0, 0.1) is 16.7 Å². The summed E-state index contributed by atoms with van der Waals surface area (Å²) < 4.78 is 0. The van der Waals surface area contributed by atoms with E-state index in [-0.39, 0.29) is 11.9 Å². The molecule has 4 atom stereocenters. The number of hydrogen-bond acceptors (Lipinski definition) is 2. The van der Waals surface area contributed by atoms with Crippen LogP contribution >= 0.6 is 0 Å². The molecule has 2 fully saturated rings. The van der Waals surface area contributed by atoms with Gasteiger partial charge < -0.3 is 10.6 Å². The van der Waals surface area contributed by atoms with Crippen LogP contribution < -0.4 is 10.6 Å². The highest BCUT2D eigenvalue weighted by Gasteiger charge is 2.59. The fourth-order valence-corrected chi connectivity index (χ4v) is 4.37. The number of likely N-dealkylation sites (N-methyl/N-ethyl adjacent to an activating group) is 1. The maximum Gasteiger partial charge on any atom is 0.236 e. The van der Waals surface area contributed by atoms with E-state index in [0.717, 1.165) is 5.92 Å². The van der Waals surface area contributed by atoms with Crippen LogP contribution in [0.15, 0.2) is 0 Å². The minimum absolute atomic E-state index is 0.0922. The van der Waals surface area contributed by atoms with Crippen LogP contribution in [0.5, 0.6) is 0 Å². The van der Waals surface area contributed by atoms with Crippen LogP contribution in [-0.2, 0) is 4.79 Å². The zero-order valence-electron chi connectivity index (χ0n) is 12.5. The third-order valence-electron chi connectivity index (χ3n) is 5.43. The van der Waals surface area contributed by atoms with E-state index in [4.69, 9.17) is 0 Å². The van der Waals surface area contributed by atoms with Gasteiger partial charge in [-0.2, -0.15) is 0 Å². The molecule has 0 spiro atoms. The largest absolute Gasteiger partial charge is 0.355 e. The number of hydrogen-bond donors (Lipinski definition) is 2. The Morgan fingerprint density at radius 3 is 2.56 bits per heavy atom. The predicted octanol–water partition coefficient (Wildman–Crippen LogP) is 2.32. The van der Waals surface area contributed by atoms with Crippen molar-refractivity contribution in [2.75, 3.05) is 6.54 Å². The first kappa shape index (κ1) is 13.9. The van der Waals surface area contributed by atoms with Crippen molar-refractivity contribution >= 4 is 5.91 Å². The summed E-state index contributed by atoms with van der Waals surface area (Å²) in [4.78, 5) is 11.9. The van der Waals surface area contributed by atoms with Gasteiger partial charge in [-0.1, -0.05) is 20.8 Å². The zero-order valence-corrected chi connectivity index (χ0v) is 12.5. The van der Waals surface area contributed by atoms with E-state index in [0.29, 0.717) is 23.4 Å². The zero-order chi connectivity index (χ0) is 13.6. The molecule has 3 nitrogen and oxygen atoms in total. The second-order valence-corrected chi connectivity index (χ2v) is 7.13. The summed E-state index contributed by atoms with van der Waals surface area (Å²) in [6, 6.07) is 0.367. The predicted molar refractivity (Wildman–Crippen MR) is 74.3 cm³/mol. The summed E-state index contributed by atoms with van der Waals surface area (Å²) in [5.41, 5.74) is 0.697. The lowest BCUT2D eigenvalue weighted by Crippen LogP contribution is -2.56.